The van der Waals surface area contributed by atoms with Crippen LogP contribution in [-0.2, 0) is 10.9 Å². The highest BCUT2D eigenvalue weighted by Gasteiger charge is 2.32. The van der Waals surface area contributed by atoms with E-state index in [2.05, 4.69) is 20.0 Å². The number of ether oxygens (including phenoxy) is 1. The van der Waals surface area contributed by atoms with Gasteiger partial charge in [-0.2, -0.15) is 18.2 Å². The van der Waals surface area contributed by atoms with E-state index in [0.717, 1.165) is 19.4 Å². The molecule has 1 heterocycles. The first-order chi connectivity index (χ1) is 10.7. The SMILES string of the molecule is COC(=O)c1cc(Nc2nc(Cl)ncc2F)cc(C(F)(F)F)c1. The van der Waals surface area contributed by atoms with Crippen LogP contribution >= 0.6 is 11.6 Å². The monoisotopic (exact) mass is 349 g/mol. The number of rotatable bonds is 3. The van der Waals surface area contributed by atoms with Crippen molar-refractivity contribution in [2.75, 3.05) is 12.4 Å². The lowest BCUT2D eigenvalue weighted by molar-refractivity contribution is -0.137. The first-order valence-corrected chi connectivity index (χ1v) is 6.34. The Labute approximate surface area is 132 Å². The van der Waals surface area contributed by atoms with E-state index in [4.69, 9.17) is 11.6 Å². The van der Waals surface area contributed by atoms with Crippen LogP contribution in [0.3, 0.4) is 0 Å². The van der Waals surface area contributed by atoms with Crippen LogP contribution in [0.5, 0.6) is 0 Å². The summed E-state index contributed by atoms with van der Waals surface area (Å²) in [6.45, 7) is 0. The van der Waals surface area contributed by atoms with Gasteiger partial charge in [0.1, 0.15) is 0 Å². The van der Waals surface area contributed by atoms with Crippen LogP contribution in [0.4, 0.5) is 29.1 Å². The summed E-state index contributed by atoms with van der Waals surface area (Å²) in [5.74, 6) is -2.33. The maximum atomic E-state index is 13.6. The third kappa shape index (κ3) is 4.07. The third-order valence-electron chi connectivity index (χ3n) is 2.66. The minimum Gasteiger partial charge on any atom is -0.465 e. The summed E-state index contributed by atoms with van der Waals surface area (Å²) in [5.41, 5.74) is -1.68. The fourth-order valence-corrected chi connectivity index (χ4v) is 1.80. The van der Waals surface area contributed by atoms with Crippen LogP contribution in [0.15, 0.2) is 24.4 Å². The van der Waals surface area contributed by atoms with E-state index < -0.39 is 29.3 Å². The molecular weight excluding hydrogens is 342 g/mol. The molecule has 122 valence electrons. The van der Waals surface area contributed by atoms with Crippen LogP contribution in [0.25, 0.3) is 0 Å². The van der Waals surface area contributed by atoms with E-state index >= 15 is 0 Å². The largest absolute Gasteiger partial charge is 0.465 e. The van der Waals surface area contributed by atoms with Gasteiger partial charge >= 0.3 is 12.1 Å². The third-order valence-corrected chi connectivity index (χ3v) is 2.84. The molecule has 2 aromatic rings. The number of halogens is 5. The van der Waals surface area contributed by atoms with Gasteiger partial charge in [0.15, 0.2) is 11.6 Å². The minimum atomic E-state index is -4.71. The minimum absolute atomic E-state index is 0.214. The Balaban J connectivity index is 2.48. The van der Waals surface area contributed by atoms with Crippen molar-refractivity contribution in [2.45, 2.75) is 6.18 Å². The van der Waals surface area contributed by atoms with Crippen molar-refractivity contribution in [1.82, 2.24) is 9.97 Å². The number of anilines is 2. The Morgan fingerprint density at radius 2 is 2.00 bits per heavy atom. The second kappa shape index (κ2) is 6.37. The van der Waals surface area contributed by atoms with Gasteiger partial charge in [0, 0.05) is 5.69 Å². The van der Waals surface area contributed by atoms with Crippen LogP contribution in [0.1, 0.15) is 15.9 Å². The van der Waals surface area contributed by atoms with Gasteiger partial charge in [0.2, 0.25) is 5.28 Å². The lowest BCUT2D eigenvalue weighted by atomic mass is 10.1. The summed E-state index contributed by atoms with van der Waals surface area (Å²) < 4.78 is 56.6. The van der Waals surface area contributed by atoms with Crippen molar-refractivity contribution in [2.24, 2.45) is 0 Å². The first-order valence-electron chi connectivity index (χ1n) is 5.96. The maximum Gasteiger partial charge on any atom is 0.416 e. The second-order valence-corrected chi connectivity index (χ2v) is 4.59. The number of carbonyl (C=O) groups is 1. The summed E-state index contributed by atoms with van der Waals surface area (Å²) >= 11 is 5.51. The van der Waals surface area contributed by atoms with E-state index in [0.29, 0.717) is 12.1 Å². The molecule has 0 spiro atoms. The molecule has 0 saturated heterocycles. The molecule has 0 amide bonds. The molecule has 23 heavy (non-hydrogen) atoms. The zero-order chi connectivity index (χ0) is 17.2. The fraction of sp³-hybridized carbons (Fsp3) is 0.154. The molecule has 2 rings (SSSR count). The van der Waals surface area contributed by atoms with Gasteiger partial charge in [-0.1, -0.05) is 0 Å². The number of benzene rings is 1. The van der Waals surface area contributed by atoms with Crippen LogP contribution in [0.2, 0.25) is 5.28 Å². The number of nitrogens with zero attached hydrogens (tertiary/aromatic N) is 2. The van der Waals surface area contributed by atoms with E-state index in [1.165, 1.54) is 0 Å². The molecule has 0 bridgehead atoms. The van der Waals surface area contributed by atoms with Crippen LogP contribution < -0.4 is 5.32 Å². The molecular formula is C13H8ClF4N3O2. The standard InChI is InChI=1S/C13H8ClF4N3O2/c1-23-11(22)6-2-7(13(16,17)18)4-8(3-6)20-10-9(15)5-19-12(14)21-10/h2-5H,1H3,(H,19,20,21). The number of carbonyl (C=O) groups excluding carboxylic acids is 1. The van der Waals surface area contributed by atoms with Crippen molar-refractivity contribution >= 4 is 29.1 Å². The van der Waals surface area contributed by atoms with Crippen molar-refractivity contribution in [3.63, 3.8) is 0 Å². The predicted octanol–water partition coefficient (Wildman–Crippen LogP) is 3.82. The number of hydrogen-bond acceptors (Lipinski definition) is 5. The van der Waals surface area contributed by atoms with E-state index in [9.17, 15) is 22.4 Å². The molecule has 0 fully saturated rings. The summed E-state index contributed by atoms with van der Waals surface area (Å²) in [6, 6.07) is 2.39. The quantitative estimate of drug-likeness (QED) is 0.518. The zero-order valence-corrected chi connectivity index (χ0v) is 12.2. The van der Waals surface area contributed by atoms with Gasteiger partial charge in [-0.25, -0.2) is 14.2 Å². The molecule has 10 heteroatoms. The molecule has 0 aliphatic carbocycles. The number of methoxy groups -OCH3 is 1. The molecule has 5 nitrogen and oxygen atoms in total. The Hall–Kier alpha value is -2.42. The normalized spacial score (nSPS) is 11.2. The van der Waals surface area contributed by atoms with Crippen LogP contribution in [-0.4, -0.2) is 23.0 Å². The van der Waals surface area contributed by atoms with Gasteiger partial charge in [-0.15, -0.1) is 0 Å². The van der Waals surface area contributed by atoms with E-state index in [-0.39, 0.29) is 16.5 Å². The Morgan fingerprint density at radius 1 is 1.30 bits per heavy atom. The molecule has 0 unspecified atom stereocenters. The van der Waals surface area contributed by atoms with Crippen LogP contribution in [0, 0.1) is 5.82 Å². The van der Waals surface area contributed by atoms with Gasteiger partial charge in [0.25, 0.3) is 0 Å². The molecule has 1 aromatic heterocycles. The van der Waals surface area contributed by atoms with Crippen molar-refractivity contribution in [3.8, 4) is 0 Å². The summed E-state index contributed by atoms with van der Waals surface area (Å²) in [7, 11) is 1.03. The van der Waals surface area contributed by atoms with Crippen molar-refractivity contribution in [1.29, 1.82) is 0 Å². The average Bonchev–Trinajstić information content (AvgIpc) is 2.49. The van der Waals surface area contributed by atoms with Gasteiger partial charge in [0.05, 0.1) is 24.4 Å². The number of nitrogens with one attached hydrogen (secondary N) is 1. The summed E-state index contributed by atoms with van der Waals surface area (Å²) in [4.78, 5) is 18.4. The van der Waals surface area contributed by atoms with Gasteiger partial charge in [-0.05, 0) is 29.8 Å². The molecule has 0 atom stereocenters. The number of aromatic nitrogens is 2. The van der Waals surface area contributed by atoms with E-state index in [1.54, 1.807) is 0 Å². The molecule has 1 aromatic carbocycles. The van der Waals surface area contributed by atoms with Gasteiger partial charge in [-0.3, -0.25) is 0 Å². The molecule has 0 radical (unpaired) electrons. The lowest BCUT2D eigenvalue weighted by Crippen LogP contribution is -2.10. The molecule has 0 saturated carbocycles. The zero-order valence-electron chi connectivity index (χ0n) is 11.4. The molecule has 0 aliphatic rings. The van der Waals surface area contributed by atoms with Crippen molar-refractivity contribution < 1.29 is 27.1 Å². The Kier molecular flexibility index (Phi) is 4.69. The fourth-order valence-electron chi connectivity index (χ4n) is 1.67. The van der Waals surface area contributed by atoms with Gasteiger partial charge < -0.3 is 10.1 Å². The summed E-state index contributed by atoms with van der Waals surface area (Å²) in [5, 5.41) is 2.03. The first kappa shape index (κ1) is 16.9. The number of esters is 1. The average molecular weight is 350 g/mol. The Morgan fingerprint density at radius 3 is 2.61 bits per heavy atom. The Bertz CT molecular complexity index is 752. The lowest BCUT2D eigenvalue weighted by Gasteiger charge is -2.13. The van der Waals surface area contributed by atoms with Crippen molar-refractivity contribution in [3.05, 3.63) is 46.6 Å². The molecule has 0 aliphatic heterocycles. The number of hydrogen-bond donors (Lipinski definition) is 1. The highest BCUT2D eigenvalue weighted by atomic mass is 35.5. The second-order valence-electron chi connectivity index (χ2n) is 4.25. The highest BCUT2D eigenvalue weighted by Crippen LogP contribution is 2.33. The number of alkyl halides is 3. The predicted molar refractivity (Wildman–Crippen MR) is 73.1 cm³/mol. The molecule has 1 N–H and O–H groups in total. The maximum absolute atomic E-state index is 13.6. The highest BCUT2D eigenvalue weighted by molar-refractivity contribution is 6.28. The summed E-state index contributed by atoms with van der Waals surface area (Å²) in [6.07, 6.45) is -3.95. The topological polar surface area (TPSA) is 64.1 Å². The van der Waals surface area contributed by atoms with E-state index in [1.807, 2.05) is 0 Å². The smallest absolute Gasteiger partial charge is 0.416 e.